The van der Waals surface area contributed by atoms with E-state index in [1.807, 2.05) is 0 Å². The number of nitro groups is 3. The van der Waals surface area contributed by atoms with Crippen molar-refractivity contribution < 1.29 is 62.4 Å². The van der Waals surface area contributed by atoms with Gasteiger partial charge in [-0.2, -0.15) is 8.42 Å². The van der Waals surface area contributed by atoms with Gasteiger partial charge in [-0.1, -0.05) is 18.2 Å². The summed E-state index contributed by atoms with van der Waals surface area (Å²) in [5, 5.41) is 40.9. The Labute approximate surface area is 194 Å². The van der Waals surface area contributed by atoms with Crippen LogP contribution in [-0.2, 0) is 10.1 Å². The van der Waals surface area contributed by atoms with E-state index in [0.29, 0.717) is 17.5 Å². The molecule has 156 valence electrons. The summed E-state index contributed by atoms with van der Waals surface area (Å²) in [5.41, 5.74) is -2.71. The Bertz CT molecular complexity index is 1240. The number of rotatable bonds is 4. The zero-order valence-corrected chi connectivity index (χ0v) is 18.3. The van der Waals surface area contributed by atoms with Crippen molar-refractivity contribution in [3.63, 3.8) is 0 Å². The Balaban J connectivity index is 0.000000302. The van der Waals surface area contributed by atoms with Crippen LogP contribution < -0.4 is 29.6 Å². The molecule has 0 saturated carbocycles. The first-order chi connectivity index (χ1) is 13.9. The molecule has 0 spiro atoms. The molecule has 1 aromatic heterocycles. The fraction of sp³-hybridized carbons (Fsp3) is 0. The molecule has 0 aliphatic heterocycles. The molecule has 3 rings (SSSR count). The van der Waals surface area contributed by atoms with E-state index in [2.05, 4.69) is 4.98 Å². The predicted octanol–water partition coefficient (Wildman–Crippen LogP) is -0.398. The minimum Gasteiger partial charge on any atom is -0.497 e. The van der Waals surface area contributed by atoms with Crippen LogP contribution in [0, 0.1) is 30.3 Å². The standard InChI is InChI=1S/C9H7NO3S.C6H3N3O7.Na/c11-14(12,13)8-5-1-3-7-4-2-6-10-9(7)8;10-6-4(8(13)14)1-3(7(11)12)2-5(6)9(15)16;/h1-6H,(H,11,12,13);1-2,10H;/q;;+1. The van der Waals surface area contributed by atoms with Gasteiger partial charge in [0.25, 0.3) is 21.6 Å². The first kappa shape index (κ1) is 25.8. The van der Waals surface area contributed by atoms with Crippen molar-refractivity contribution in [1.29, 1.82) is 0 Å². The van der Waals surface area contributed by atoms with E-state index in [-0.39, 0.29) is 40.0 Å². The summed E-state index contributed by atoms with van der Waals surface area (Å²) in [4.78, 5) is 31.5. The number of nitrogens with zero attached hydrogens (tertiary/aromatic N) is 4. The average Bonchev–Trinajstić information content (AvgIpc) is 2.66. The summed E-state index contributed by atoms with van der Waals surface area (Å²) < 4.78 is 30.8. The molecule has 0 saturated heterocycles. The third kappa shape index (κ3) is 6.12. The number of non-ortho nitro benzene ring substituents is 1. The number of nitro benzene ring substituents is 3. The van der Waals surface area contributed by atoms with Crippen LogP contribution in [0.5, 0.6) is 5.75 Å². The summed E-state index contributed by atoms with van der Waals surface area (Å²) in [6.07, 6.45) is 1.48. The van der Waals surface area contributed by atoms with Crippen molar-refractivity contribution in [2.24, 2.45) is 0 Å². The number of para-hydroxylation sites is 1. The van der Waals surface area contributed by atoms with Crippen molar-refractivity contribution in [3.8, 4) is 5.75 Å². The van der Waals surface area contributed by atoms with Gasteiger partial charge in [-0.3, -0.25) is 39.9 Å². The smallest absolute Gasteiger partial charge is 0.497 e. The van der Waals surface area contributed by atoms with Crippen molar-refractivity contribution >= 4 is 38.1 Å². The van der Waals surface area contributed by atoms with Gasteiger partial charge in [-0.25, -0.2) is 0 Å². The number of aromatic nitrogens is 1. The second kappa shape index (κ2) is 10.2. The van der Waals surface area contributed by atoms with Crippen LogP contribution in [0.25, 0.3) is 10.9 Å². The van der Waals surface area contributed by atoms with Crippen molar-refractivity contribution in [2.45, 2.75) is 4.90 Å². The van der Waals surface area contributed by atoms with Crippen LogP contribution in [-0.4, -0.2) is 37.8 Å². The molecular weight excluding hydrogens is 451 g/mol. The molecule has 0 aliphatic carbocycles. The largest absolute Gasteiger partial charge is 1.00 e. The van der Waals surface area contributed by atoms with Crippen LogP contribution in [0.2, 0.25) is 0 Å². The molecule has 0 fully saturated rings. The molecule has 0 aliphatic rings. The van der Waals surface area contributed by atoms with E-state index < -0.39 is 47.7 Å². The van der Waals surface area contributed by atoms with Crippen LogP contribution in [0.4, 0.5) is 17.1 Å². The number of fused-ring (bicyclic) bond motifs is 1. The topological polar surface area (TPSA) is 217 Å². The van der Waals surface area contributed by atoms with E-state index in [1.54, 1.807) is 24.3 Å². The fourth-order valence-corrected chi connectivity index (χ4v) is 2.92. The second-order valence-corrected chi connectivity index (χ2v) is 6.80. The minimum absolute atomic E-state index is 0. The Hall–Kier alpha value is -3.24. The molecule has 31 heavy (non-hydrogen) atoms. The van der Waals surface area contributed by atoms with Crippen LogP contribution in [0.15, 0.2) is 53.6 Å². The van der Waals surface area contributed by atoms with Gasteiger partial charge in [-0.05, 0) is 12.1 Å². The monoisotopic (exact) mass is 461 g/mol. The van der Waals surface area contributed by atoms with Gasteiger partial charge in [0.15, 0.2) is 0 Å². The summed E-state index contributed by atoms with van der Waals surface area (Å²) in [6, 6.07) is 8.95. The second-order valence-electron chi connectivity index (χ2n) is 5.41. The van der Waals surface area contributed by atoms with E-state index >= 15 is 0 Å². The van der Waals surface area contributed by atoms with Gasteiger partial charge in [0, 0.05) is 11.6 Å². The third-order valence-corrected chi connectivity index (χ3v) is 4.42. The third-order valence-electron chi connectivity index (χ3n) is 3.53. The molecule has 0 atom stereocenters. The van der Waals surface area contributed by atoms with Crippen molar-refractivity contribution in [1.82, 2.24) is 4.98 Å². The van der Waals surface area contributed by atoms with Crippen molar-refractivity contribution in [3.05, 3.63) is 79.0 Å². The molecule has 0 unspecified atom stereocenters. The zero-order valence-electron chi connectivity index (χ0n) is 15.5. The fourth-order valence-electron chi connectivity index (χ4n) is 2.26. The molecule has 0 amide bonds. The average molecular weight is 461 g/mol. The number of hydrogen-bond donors (Lipinski definition) is 2. The first-order valence-electron chi connectivity index (χ1n) is 7.55. The summed E-state index contributed by atoms with van der Waals surface area (Å²) in [7, 11) is -4.19. The van der Waals surface area contributed by atoms with Crippen LogP contribution in [0.3, 0.4) is 0 Å². The molecule has 2 aromatic carbocycles. The van der Waals surface area contributed by atoms with E-state index in [1.165, 1.54) is 12.3 Å². The van der Waals surface area contributed by atoms with E-state index in [9.17, 15) is 38.8 Å². The number of pyridine rings is 1. The predicted molar refractivity (Wildman–Crippen MR) is 99.6 cm³/mol. The number of phenolic OH excluding ortho intramolecular Hbond substituents is 1. The molecule has 0 radical (unpaired) electrons. The molecule has 1 heterocycles. The Kier molecular flexibility index (Phi) is 8.47. The van der Waals surface area contributed by atoms with Gasteiger partial charge in [0.05, 0.1) is 32.4 Å². The molecule has 16 heteroatoms. The minimum atomic E-state index is -4.19. The summed E-state index contributed by atoms with van der Waals surface area (Å²) >= 11 is 0. The maximum Gasteiger partial charge on any atom is 1.00 e. The van der Waals surface area contributed by atoms with Crippen molar-refractivity contribution in [2.75, 3.05) is 0 Å². The van der Waals surface area contributed by atoms with Gasteiger partial charge >= 0.3 is 40.9 Å². The van der Waals surface area contributed by atoms with Crippen LogP contribution in [0.1, 0.15) is 0 Å². The van der Waals surface area contributed by atoms with Gasteiger partial charge in [0.1, 0.15) is 4.90 Å². The number of hydrogen-bond acceptors (Lipinski definition) is 10. The Morgan fingerprint density at radius 1 is 0.871 bits per heavy atom. The van der Waals surface area contributed by atoms with Gasteiger partial charge < -0.3 is 5.11 Å². The molecule has 3 aromatic rings. The maximum atomic E-state index is 11.0. The molecule has 2 N–H and O–H groups in total. The van der Waals surface area contributed by atoms with E-state index in [0.717, 1.165) is 0 Å². The van der Waals surface area contributed by atoms with Crippen LogP contribution >= 0.6 is 0 Å². The first-order valence-corrected chi connectivity index (χ1v) is 8.99. The molecule has 0 bridgehead atoms. The quantitative estimate of drug-likeness (QED) is 0.220. The maximum absolute atomic E-state index is 11.0. The van der Waals surface area contributed by atoms with E-state index in [4.69, 9.17) is 9.66 Å². The molecule has 14 nitrogen and oxygen atoms in total. The Morgan fingerprint density at radius 2 is 1.39 bits per heavy atom. The normalized spacial score (nSPS) is 10.4. The SMILES string of the molecule is O=S(=O)(O)c1cccc2cccnc12.O=[N+]([O-])c1cc([N+](=O)[O-])c(O)c([N+](=O)[O-])c1.[Na+]. The number of aromatic hydroxyl groups is 1. The van der Waals surface area contributed by atoms with Gasteiger partial charge in [-0.15, -0.1) is 0 Å². The Morgan fingerprint density at radius 3 is 1.84 bits per heavy atom. The zero-order chi connectivity index (χ0) is 22.6. The number of benzene rings is 2. The van der Waals surface area contributed by atoms with Gasteiger partial charge in [0.2, 0.25) is 0 Å². The summed E-state index contributed by atoms with van der Waals surface area (Å²) in [5.74, 6) is -1.21. The number of phenols is 1. The summed E-state index contributed by atoms with van der Waals surface area (Å²) in [6.45, 7) is 0. The molecular formula is C15H10N4NaO10S+.